The van der Waals surface area contributed by atoms with Crippen molar-refractivity contribution in [2.75, 3.05) is 0 Å². The molecular formula is C14H19N3O. The molecule has 1 aliphatic carbocycles. The number of rotatable bonds is 4. The minimum absolute atomic E-state index is 0.101. The molecule has 1 saturated carbocycles. The molecular weight excluding hydrogens is 226 g/mol. The van der Waals surface area contributed by atoms with Gasteiger partial charge in [0.2, 0.25) is 0 Å². The van der Waals surface area contributed by atoms with E-state index in [1.807, 2.05) is 18.5 Å². The Labute approximate surface area is 107 Å². The Morgan fingerprint density at radius 2 is 2.06 bits per heavy atom. The van der Waals surface area contributed by atoms with Crippen LogP contribution in [-0.2, 0) is 13.2 Å². The van der Waals surface area contributed by atoms with E-state index in [9.17, 15) is 0 Å². The lowest BCUT2D eigenvalue weighted by molar-refractivity contribution is 0.281. The summed E-state index contributed by atoms with van der Waals surface area (Å²) in [6.07, 6.45) is 11.2. The van der Waals surface area contributed by atoms with Crippen molar-refractivity contribution < 1.29 is 5.11 Å². The first kappa shape index (κ1) is 11.5. The van der Waals surface area contributed by atoms with E-state index in [4.69, 9.17) is 5.11 Å². The molecule has 0 aromatic carbocycles. The van der Waals surface area contributed by atoms with E-state index in [0.717, 1.165) is 17.8 Å². The molecule has 0 spiro atoms. The zero-order valence-corrected chi connectivity index (χ0v) is 10.5. The van der Waals surface area contributed by atoms with Crippen molar-refractivity contribution in [1.29, 1.82) is 0 Å². The smallest absolute Gasteiger partial charge is 0.0821 e. The highest BCUT2D eigenvalue weighted by molar-refractivity contribution is 5.11. The molecule has 3 rings (SSSR count). The van der Waals surface area contributed by atoms with Gasteiger partial charge in [0.25, 0.3) is 0 Å². The Hall–Kier alpha value is -1.55. The minimum Gasteiger partial charge on any atom is -0.392 e. The molecule has 4 heteroatoms. The molecule has 2 aromatic rings. The molecule has 1 N–H and O–H groups in total. The third-order valence-corrected chi connectivity index (χ3v) is 3.70. The maximum Gasteiger partial charge on any atom is 0.0821 e. The third kappa shape index (κ3) is 2.34. The van der Waals surface area contributed by atoms with Gasteiger partial charge in [-0.15, -0.1) is 0 Å². The molecule has 0 atom stereocenters. The summed E-state index contributed by atoms with van der Waals surface area (Å²) in [5, 5.41) is 13.7. The van der Waals surface area contributed by atoms with E-state index in [2.05, 4.69) is 26.6 Å². The summed E-state index contributed by atoms with van der Waals surface area (Å²) in [6, 6.07) is 4.64. The zero-order chi connectivity index (χ0) is 12.4. The van der Waals surface area contributed by atoms with Gasteiger partial charge in [0, 0.05) is 18.6 Å². The predicted octanol–water partition coefficient (Wildman–Crippen LogP) is 2.34. The Balaban J connectivity index is 1.69. The van der Waals surface area contributed by atoms with Gasteiger partial charge >= 0.3 is 0 Å². The average Bonchev–Trinajstić information content (AvgIpc) is 3.10. The lowest BCUT2D eigenvalue weighted by Gasteiger charge is -2.08. The van der Waals surface area contributed by atoms with Crippen LogP contribution in [0.25, 0.3) is 0 Å². The molecule has 0 aliphatic heterocycles. The van der Waals surface area contributed by atoms with Crippen LogP contribution in [0, 0.1) is 0 Å². The maximum atomic E-state index is 9.03. The fourth-order valence-electron chi connectivity index (χ4n) is 2.70. The largest absolute Gasteiger partial charge is 0.392 e. The molecule has 2 heterocycles. The SMILES string of the molecule is OCc1ccn(Cc2ccn(C3CCCC3)n2)c1. The molecule has 96 valence electrons. The van der Waals surface area contributed by atoms with Gasteiger partial charge in [-0.25, -0.2) is 0 Å². The van der Waals surface area contributed by atoms with Crippen molar-refractivity contribution in [3.63, 3.8) is 0 Å². The van der Waals surface area contributed by atoms with E-state index >= 15 is 0 Å². The standard InChI is InChI=1S/C14H19N3O/c18-11-12-5-7-16(9-12)10-13-6-8-17(15-13)14-3-1-2-4-14/h5-9,14,18H,1-4,10-11H2. The number of hydrogen-bond acceptors (Lipinski definition) is 2. The number of nitrogens with zero attached hydrogens (tertiary/aromatic N) is 3. The fraction of sp³-hybridized carbons (Fsp3) is 0.500. The first-order valence-corrected chi connectivity index (χ1v) is 6.65. The second-order valence-electron chi connectivity index (χ2n) is 5.08. The summed E-state index contributed by atoms with van der Waals surface area (Å²) < 4.78 is 4.19. The Bertz CT molecular complexity index is 509. The van der Waals surface area contributed by atoms with Crippen LogP contribution in [0.2, 0.25) is 0 Å². The van der Waals surface area contributed by atoms with Crippen LogP contribution in [0.15, 0.2) is 30.7 Å². The second-order valence-corrected chi connectivity index (χ2v) is 5.08. The molecule has 0 unspecified atom stereocenters. The van der Waals surface area contributed by atoms with E-state index in [1.165, 1.54) is 25.7 Å². The quantitative estimate of drug-likeness (QED) is 0.898. The van der Waals surface area contributed by atoms with E-state index in [0.29, 0.717) is 6.04 Å². The summed E-state index contributed by atoms with van der Waals surface area (Å²) in [7, 11) is 0. The highest BCUT2D eigenvalue weighted by atomic mass is 16.3. The first-order valence-electron chi connectivity index (χ1n) is 6.65. The van der Waals surface area contributed by atoms with Crippen LogP contribution in [0.5, 0.6) is 0 Å². The van der Waals surface area contributed by atoms with Gasteiger partial charge in [0.15, 0.2) is 0 Å². The lowest BCUT2D eigenvalue weighted by atomic mass is 10.3. The molecule has 0 amide bonds. The van der Waals surface area contributed by atoms with Gasteiger partial charge in [-0.3, -0.25) is 4.68 Å². The van der Waals surface area contributed by atoms with Crippen LogP contribution >= 0.6 is 0 Å². The summed E-state index contributed by atoms with van der Waals surface area (Å²) in [4.78, 5) is 0. The molecule has 0 saturated heterocycles. The van der Waals surface area contributed by atoms with Gasteiger partial charge in [-0.2, -0.15) is 5.10 Å². The van der Waals surface area contributed by atoms with Gasteiger partial charge in [0.05, 0.1) is 24.9 Å². The number of hydrogen-bond donors (Lipinski definition) is 1. The molecule has 1 aliphatic rings. The maximum absolute atomic E-state index is 9.03. The highest BCUT2D eigenvalue weighted by Crippen LogP contribution is 2.28. The van der Waals surface area contributed by atoms with Crippen molar-refractivity contribution in [1.82, 2.24) is 14.3 Å². The molecule has 4 nitrogen and oxygen atoms in total. The minimum atomic E-state index is 0.101. The van der Waals surface area contributed by atoms with Crippen LogP contribution in [0.4, 0.5) is 0 Å². The van der Waals surface area contributed by atoms with Crippen LogP contribution < -0.4 is 0 Å². The number of aromatic nitrogens is 3. The van der Waals surface area contributed by atoms with Crippen LogP contribution in [0.1, 0.15) is 43.0 Å². The Kier molecular flexibility index (Phi) is 3.19. The summed E-state index contributed by atoms with van der Waals surface area (Å²) in [6.45, 7) is 0.878. The van der Waals surface area contributed by atoms with Gasteiger partial charge < -0.3 is 9.67 Å². The van der Waals surface area contributed by atoms with Gasteiger partial charge in [-0.05, 0) is 30.5 Å². The van der Waals surface area contributed by atoms with Crippen molar-refractivity contribution in [2.24, 2.45) is 0 Å². The Morgan fingerprint density at radius 3 is 2.78 bits per heavy atom. The summed E-state index contributed by atoms with van der Waals surface area (Å²) in [5.74, 6) is 0. The van der Waals surface area contributed by atoms with E-state index < -0.39 is 0 Å². The third-order valence-electron chi connectivity index (χ3n) is 3.70. The highest BCUT2D eigenvalue weighted by Gasteiger charge is 2.17. The number of aliphatic hydroxyl groups is 1. The average molecular weight is 245 g/mol. The molecule has 18 heavy (non-hydrogen) atoms. The predicted molar refractivity (Wildman–Crippen MR) is 69.2 cm³/mol. The van der Waals surface area contributed by atoms with Crippen LogP contribution in [0.3, 0.4) is 0 Å². The summed E-state index contributed by atoms with van der Waals surface area (Å²) >= 11 is 0. The second kappa shape index (κ2) is 4.98. The van der Waals surface area contributed by atoms with Crippen LogP contribution in [-0.4, -0.2) is 19.5 Å². The first-order chi connectivity index (χ1) is 8.85. The summed E-state index contributed by atoms with van der Waals surface area (Å²) in [5.41, 5.74) is 2.03. The Morgan fingerprint density at radius 1 is 1.22 bits per heavy atom. The monoisotopic (exact) mass is 245 g/mol. The van der Waals surface area contributed by atoms with Crippen molar-refractivity contribution in [3.8, 4) is 0 Å². The number of aliphatic hydroxyl groups excluding tert-OH is 1. The van der Waals surface area contributed by atoms with Gasteiger partial charge in [-0.1, -0.05) is 12.8 Å². The molecule has 2 aromatic heterocycles. The molecule has 0 radical (unpaired) electrons. The lowest BCUT2D eigenvalue weighted by Crippen LogP contribution is -2.06. The normalized spacial score (nSPS) is 16.5. The zero-order valence-electron chi connectivity index (χ0n) is 10.5. The van der Waals surface area contributed by atoms with Crippen molar-refractivity contribution in [3.05, 3.63) is 42.0 Å². The van der Waals surface area contributed by atoms with Gasteiger partial charge in [0.1, 0.15) is 0 Å². The van der Waals surface area contributed by atoms with E-state index in [-0.39, 0.29) is 6.61 Å². The topological polar surface area (TPSA) is 43.0 Å². The molecule has 0 bridgehead atoms. The van der Waals surface area contributed by atoms with Crippen molar-refractivity contribution >= 4 is 0 Å². The molecule has 1 fully saturated rings. The van der Waals surface area contributed by atoms with E-state index in [1.54, 1.807) is 0 Å². The van der Waals surface area contributed by atoms with Crippen molar-refractivity contribution in [2.45, 2.75) is 44.9 Å². The fourth-order valence-corrected chi connectivity index (χ4v) is 2.70.